The summed E-state index contributed by atoms with van der Waals surface area (Å²) >= 11 is 0.903. The monoisotopic (exact) mass is 1170 g/mol. The molecule has 0 atom stereocenters. The van der Waals surface area contributed by atoms with E-state index < -0.39 is 26.4 Å². The molecule has 10 rings (SSSR count). The Morgan fingerprint density at radius 3 is 1.83 bits per heavy atom. The fourth-order valence-corrected chi connectivity index (χ4v) is 11.5. The summed E-state index contributed by atoms with van der Waals surface area (Å²) in [7, 11) is -0.807. The van der Waals surface area contributed by atoms with Gasteiger partial charge in [-0.05, 0) is 95.9 Å². The van der Waals surface area contributed by atoms with Crippen molar-refractivity contribution in [1.29, 1.82) is 5.26 Å². The average molecular weight is 1170 g/mol. The van der Waals surface area contributed by atoms with Crippen molar-refractivity contribution in [3.8, 4) is 6.07 Å². The zero-order valence-corrected chi connectivity index (χ0v) is 54.8. The van der Waals surface area contributed by atoms with Crippen molar-refractivity contribution in [2.24, 2.45) is 9.98 Å². The van der Waals surface area contributed by atoms with Gasteiger partial charge in [-0.2, -0.15) is 4.33 Å². The van der Waals surface area contributed by atoms with Crippen molar-refractivity contribution in [1.82, 2.24) is 0 Å². The Morgan fingerprint density at radius 2 is 1.31 bits per heavy atom. The molecule has 0 amide bonds. The van der Waals surface area contributed by atoms with Gasteiger partial charge in [-0.25, -0.2) is 23.4 Å². The van der Waals surface area contributed by atoms with Crippen LogP contribution in [0.25, 0.3) is 26.9 Å². The molecular weight excluding hydrogens is 1120 g/mol. The minimum Gasteiger partial charge on any atom is -0.775 e. The third-order valence-electron chi connectivity index (χ3n) is 15.4. The SMILES string of the molecule is CC1=Nc2ccc(SOO[O-])cc2C1(C)C.[C-]#[N+]/C(C#N)=C1C(C=C2N(C)c3ccccc3C2(C)C)=C(O)C\1=C/C1=Nc2ccc(S(=O)(=O)[O-])cc2C1(C)C.[C-]#[N+]C(=C=[N-])c1c(C=C2N(C)c3ccccc3C2(C)C)c(=O)c1=O.[K+].[K+]. The molecule has 0 saturated heterocycles. The van der Waals surface area contributed by atoms with Crippen molar-refractivity contribution < 1.29 is 135 Å². The Bertz CT molecular complexity index is 4080. The van der Waals surface area contributed by atoms with Gasteiger partial charge in [-0.15, -0.1) is 0 Å². The number of fused-ring (bicyclic) bond motifs is 4. The summed E-state index contributed by atoms with van der Waals surface area (Å²) < 4.78 is 39.1. The van der Waals surface area contributed by atoms with Crippen LogP contribution in [-0.2, 0) is 41.2 Å². The normalized spacial score (nSPS) is 19.0. The van der Waals surface area contributed by atoms with E-state index in [9.17, 15) is 38.2 Å². The number of allylic oxidation sites excluding steroid dienone is 7. The van der Waals surface area contributed by atoms with Crippen LogP contribution in [0.2, 0.25) is 0 Å². The molecule has 1 N–H and O–H groups in total. The molecule has 0 spiro atoms. The smallest absolute Gasteiger partial charge is 0.775 e. The number of nitriles is 1. The van der Waals surface area contributed by atoms with Crippen LogP contribution >= 0.6 is 12.0 Å². The number of anilines is 2. The Kier molecular flexibility index (Phi) is 19.6. The maximum atomic E-state index is 12.0. The van der Waals surface area contributed by atoms with E-state index in [2.05, 4.69) is 62.8 Å². The van der Waals surface area contributed by atoms with Crippen LogP contribution in [-0.4, -0.2) is 49.5 Å². The fraction of sp³-hybridized carbons (Fsp3) is 0.250. The molecule has 0 fully saturated rings. The van der Waals surface area contributed by atoms with Gasteiger partial charge in [0, 0.05) is 97.0 Å². The standard InChI is InChI=1S/C30H26N4O4S.C19H14N3O2.C11H13NO3S.2K/c1-29(2)21-13-17(39(36,37)38)11-12-22(21)33-25(29)14-18-27(23(16-31)32-5)19(28(18)35)15-26-30(3,4)20-9-7-8-10-24(20)34(26)6;1-19(2)12-7-5-6-8-14(12)22(4)15(19)9-11-16(13(10-20)21-3)18(24)17(11)23;1-7-11(2,3)9-6-8(16-15-14-13)4-5-10(9)12-7;;/h7-15,35H,1-4,6H3,(H,36,37,38);5-9H,1-2,4H3;4-6,13H,1-3H3;;/q;-1;;2*+1/p-2/b18-14-,26-15?,27-23-;;;;. The first-order valence-electron chi connectivity index (χ1n) is 24.4. The summed E-state index contributed by atoms with van der Waals surface area (Å²) in [6.45, 7) is 32.8. The van der Waals surface area contributed by atoms with Crippen LogP contribution in [0.5, 0.6) is 0 Å². The first-order valence-corrected chi connectivity index (χ1v) is 26.6. The number of aliphatic hydroxyl groups excluding tert-OH is 1. The molecule has 81 heavy (non-hydrogen) atoms. The van der Waals surface area contributed by atoms with Crippen molar-refractivity contribution in [2.75, 3.05) is 23.9 Å². The van der Waals surface area contributed by atoms with Crippen molar-refractivity contribution in [2.45, 2.75) is 93.8 Å². The van der Waals surface area contributed by atoms with Gasteiger partial charge in [0.25, 0.3) is 5.70 Å². The van der Waals surface area contributed by atoms with Crippen molar-refractivity contribution >= 4 is 74.0 Å². The van der Waals surface area contributed by atoms with Gasteiger partial charge < -0.3 is 30.1 Å². The number of rotatable bonds is 8. The predicted molar refractivity (Wildman–Crippen MR) is 303 cm³/mol. The molecule has 0 radical (unpaired) electrons. The third kappa shape index (κ3) is 11.6. The number of hydrogen-bond acceptors (Lipinski definition) is 15. The topological polar surface area (TPSA) is 239 Å². The zero-order valence-electron chi connectivity index (χ0n) is 46.9. The van der Waals surface area contributed by atoms with E-state index in [1.54, 1.807) is 18.0 Å². The van der Waals surface area contributed by atoms with Gasteiger partial charge in [0.05, 0.1) is 53.2 Å². The molecule has 0 aromatic heterocycles. The quantitative estimate of drug-likeness (QED) is 0.0258. The van der Waals surface area contributed by atoms with E-state index in [1.165, 1.54) is 18.2 Å². The van der Waals surface area contributed by atoms with Gasteiger partial charge in [-0.1, -0.05) is 91.8 Å². The van der Waals surface area contributed by atoms with Gasteiger partial charge in [-0.3, -0.25) is 30.5 Å². The molecular formula is C60H51K2N8O9S2-. The summed E-state index contributed by atoms with van der Waals surface area (Å²) in [5.41, 5.74) is 8.46. The second-order valence-electron chi connectivity index (χ2n) is 21.2. The minimum absolute atomic E-state index is 0. The van der Waals surface area contributed by atoms with Crippen LogP contribution in [0.1, 0.15) is 95.7 Å². The number of aliphatic hydroxyl groups is 1. The Balaban J connectivity index is 0.000000214. The molecule has 21 heteroatoms. The van der Waals surface area contributed by atoms with Crippen LogP contribution in [0.3, 0.4) is 0 Å². The van der Waals surface area contributed by atoms with Crippen LogP contribution < -0.4 is 129 Å². The number of hydrogen-bond donors (Lipinski definition) is 1. The number of para-hydroxylation sites is 2. The van der Waals surface area contributed by atoms with E-state index >= 15 is 0 Å². The van der Waals surface area contributed by atoms with Gasteiger partial charge in [0.15, 0.2) is 0 Å². The van der Waals surface area contributed by atoms with Gasteiger partial charge >= 0.3 is 103 Å². The first kappa shape index (κ1) is 64.9. The summed E-state index contributed by atoms with van der Waals surface area (Å²) in [6.07, 6.45) is 5.09. The molecule has 5 aliphatic rings. The Hall–Kier alpha value is -5.27. The number of likely N-dealkylation sites (N-methyl/N-ethyl adjacent to an activating group) is 2. The maximum absolute atomic E-state index is 12.0. The van der Waals surface area contributed by atoms with E-state index in [-0.39, 0.29) is 152 Å². The number of nitrogens with zero attached hydrogens (tertiary/aromatic N) is 8. The minimum atomic E-state index is -4.65. The van der Waals surface area contributed by atoms with E-state index in [0.29, 0.717) is 33.7 Å². The van der Waals surface area contributed by atoms with E-state index in [1.807, 2.05) is 131 Å². The molecule has 0 saturated carbocycles. The van der Waals surface area contributed by atoms with E-state index in [4.69, 9.17) is 18.6 Å². The van der Waals surface area contributed by atoms with Crippen LogP contribution in [0.4, 0.5) is 22.7 Å². The second-order valence-corrected chi connectivity index (χ2v) is 23.4. The van der Waals surface area contributed by atoms with E-state index in [0.717, 1.165) is 67.8 Å². The zero-order chi connectivity index (χ0) is 57.9. The molecule has 0 unspecified atom stereocenters. The first-order chi connectivity index (χ1) is 37.1. The molecule has 17 nitrogen and oxygen atoms in total. The fourth-order valence-electron chi connectivity index (χ4n) is 10.6. The average Bonchev–Trinajstić information content (AvgIpc) is 4.22. The summed E-state index contributed by atoms with van der Waals surface area (Å²) in [5, 5.41) is 43.1. The summed E-state index contributed by atoms with van der Waals surface area (Å²) in [6, 6.07) is 27.7. The molecule has 5 aromatic rings. The molecule has 4 aliphatic heterocycles. The second kappa shape index (κ2) is 24.5. The molecule has 0 bridgehead atoms. The van der Waals surface area contributed by atoms with Gasteiger partial charge in [0.2, 0.25) is 16.6 Å². The molecule has 400 valence electrons. The number of benzene rings is 4. The van der Waals surface area contributed by atoms with Gasteiger partial charge in [0.1, 0.15) is 15.9 Å². The predicted octanol–water partition coefficient (Wildman–Crippen LogP) is 4.57. The largest absolute Gasteiger partial charge is 1.00 e. The maximum Gasteiger partial charge on any atom is 1.00 e. The molecule has 4 heterocycles. The van der Waals surface area contributed by atoms with Crippen LogP contribution in [0, 0.1) is 24.5 Å². The Labute approximate surface area is 560 Å². The number of aliphatic imine (C=N–C) groups is 2. The Morgan fingerprint density at radius 1 is 0.765 bits per heavy atom. The molecule has 1 aliphatic carbocycles. The van der Waals surface area contributed by atoms with Crippen molar-refractivity contribution in [3.05, 3.63) is 219 Å². The summed E-state index contributed by atoms with van der Waals surface area (Å²) in [5.74, 6) is 1.63. The summed E-state index contributed by atoms with van der Waals surface area (Å²) in [4.78, 5) is 43.9. The molecule has 5 aromatic carbocycles. The third-order valence-corrected chi connectivity index (χ3v) is 16.8. The van der Waals surface area contributed by atoms with Crippen molar-refractivity contribution in [3.63, 3.8) is 0 Å². The van der Waals surface area contributed by atoms with Crippen LogP contribution in [0.15, 0.2) is 166 Å².